The van der Waals surface area contributed by atoms with Crippen LogP contribution in [0.1, 0.15) is 25.1 Å². The summed E-state index contributed by atoms with van der Waals surface area (Å²) in [5.41, 5.74) is 0.470. The highest BCUT2D eigenvalue weighted by molar-refractivity contribution is 4.95. The number of aryl methyl sites for hydroxylation is 1. The third-order valence-electron chi connectivity index (χ3n) is 3.13. The Hall–Kier alpha value is -1.01. The molecular weight excluding hydrogens is 206 g/mol. The third-order valence-corrected chi connectivity index (χ3v) is 3.13. The molecule has 0 aromatic carbocycles. The first-order valence-electron chi connectivity index (χ1n) is 5.67. The molecule has 2 rings (SSSR count). The number of aromatic nitrogens is 4. The number of nitrogens with one attached hydrogen (secondary N) is 1. The van der Waals surface area contributed by atoms with Crippen molar-refractivity contribution in [3.63, 3.8) is 0 Å². The zero-order chi connectivity index (χ0) is 11.4. The van der Waals surface area contributed by atoms with Crippen molar-refractivity contribution in [2.75, 3.05) is 20.3 Å². The maximum atomic E-state index is 5.12. The molecule has 0 aliphatic heterocycles. The molecule has 1 N–H and O–H groups in total. The van der Waals surface area contributed by atoms with Gasteiger partial charge in [-0.25, -0.2) is 0 Å². The van der Waals surface area contributed by atoms with Gasteiger partial charge in [0.25, 0.3) is 0 Å². The monoisotopic (exact) mass is 225 g/mol. The summed E-state index contributed by atoms with van der Waals surface area (Å²) < 4.78 is 5.12. The lowest BCUT2D eigenvalue weighted by Crippen LogP contribution is -2.25. The average Bonchev–Trinajstić information content (AvgIpc) is 2.92. The Morgan fingerprint density at radius 2 is 2.31 bits per heavy atom. The van der Waals surface area contributed by atoms with Gasteiger partial charge in [-0.1, -0.05) is 0 Å². The zero-order valence-electron chi connectivity index (χ0n) is 9.94. The molecule has 6 nitrogen and oxygen atoms in total. The molecule has 1 aromatic heterocycles. The summed E-state index contributed by atoms with van der Waals surface area (Å²) >= 11 is 0. The van der Waals surface area contributed by atoms with Crippen LogP contribution in [0.4, 0.5) is 0 Å². The van der Waals surface area contributed by atoms with E-state index in [1.807, 2.05) is 0 Å². The molecule has 0 atom stereocenters. The number of rotatable bonds is 7. The fourth-order valence-corrected chi connectivity index (χ4v) is 1.84. The van der Waals surface area contributed by atoms with E-state index in [0.717, 1.165) is 25.4 Å². The first-order valence-corrected chi connectivity index (χ1v) is 5.67. The maximum absolute atomic E-state index is 5.12. The topological polar surface area (TPSA) is 64.9 Å². The second-order valence-corrected chi connectivity index (χ2v) is 4.54. The molecule has 0 saturated heterocycles. The third kappa shape index (κ3) is 2.99. The minimum Gasteiger partial charge on any atom is -0.385 e. The smallest absolute Gasteiger partial charge is 0.188 e. The highest BCUT2D eigenvalue weighted by Crippen LogP contribution is 2.48. The minimum atomic E-state index is 0.470. The van der Waals surface area contributed by atoms with Crippen LogP contribution in [0.15, 0.2) is 0 Å². The molecule has 0 bridgehead atoms. The highest BCUT2D eigenvalue weighted by atomic mass is 16.5. The maximum Gasteiger partial charge on any atom is 0.188 e. The normalized spacial score (nSPS) is 17.6. The summed E-state index contributed by atoms with van der Waals surface area (Å²) in [6.07, 6.45) is 3.75. The fourth-order valence-electron chi connectivity index (χ4n) is 1.84. The van der Waals surface area contributed by atoms with Crippen molar-refractivity contribution in [2.24, 2.45) is 12.5 Å². The van der Waals surface area contributed by atoms with Gasteiger partial charge in [-0.15, -0.1) is 10.2 Å². The van der Waals surface area contributed by atoms with Crippen LogP contribution in [0, 0.1) is 5.41 Å². The SMILES string of the molecule is COCCC1(CNCc2nnn(C)n2)CC1. The van der Waals surface area contributed by atoms with Crippen LogP contribution in [0.3, 0.4) is 0 Å². The minimum absolute atomic E-state index is 0.470. The molecule has 0 radical (unpaired) electrons. The van der Waals surface area contributed by atoms with Crippen molar-refractivity contribution in [3.05, 3.63) is 5.82 Å². The molecular formula is C10H19N5O. The van der Waals surface area contributed by atoms with Crippen LogP contribution in [-0.2, 0) is 18.3 Å². The first-order chi connectivity index (χ1) is 7.74. The van der Waals surface area contributed by atoms with Gasteiger partial charge in [0, 0.05) is 20.3 Å². The Morgan fingerprint density at radius 3 is 2.88 bits per heavy atom. The summed E-state index contributed by atoms with van der Waals surface area (Å²) in [4.78, 5) is 1.48. The molecule has 1 aliphatic carbocycles. The number of hydrogen-bond acceptors (Lipinski definition) is 5. The zero-order valence-corrected chi connectivity index (χ0v) is 9.94. The van der Waals surface area contributed by atoms with E-state index in [0.29, 0.717) is 12.0 Å². The second kappa shape index (κ2) is 4.88. The molecule has 6 heteroatoms. The van der Waals surface area contributed by atoms with Crippen LogP contribution in [0.5, 0.6) is 0 Å². The van der Waals surface area contributed by atoms with Gasteiger partial charge in [-0.2, -0.15) is 4.80 Å². The number of hydrogen-bond donors (Lipinski definition) is 1. The van der Waals surface area contributed by atoms with Gasteiger partial charge in [0.1, 0.15) is 0 Å². The van der Waals surface area contributed by atoms with E-state index in [1.165, 1.54) is 17.6 Å². The molecule has 90 valence electrons. The number of methoxy groups -OCH3 is 1. The number of nitrogens with zero attached hydrogens (tertiary/aromatic N) is 4. The van der Waals surface area contributed by atoms with Crippen LogP contribution in [0.2, 0.25) is 0 Å². The van der Waals surface area contributed by atoms with E-state index in [4.69, 9.17) is 4.74 Å². The Kier molecular flexibility index (Phi) is 3.50. The summed E-state index contributed by atoms with van der Waals surface area (Å²) in [5, 5.41) is 15.2. The van der Waals surface area contributed by atoms with Crippen molar-refractivity contribution in [1.29, 1.82) is 0 Å². The van der Waals surface area contributed by atoms with Crippen LogP contribution >= 0.6 is 0 Å². The van der Waals surface area contributed by atoms with E-state index < -0.39 is 0 Å². The summed E-state index contributed by atoms with van der Waals surface area (Å²) in [6.45, 7) is 2.57. The largest absolute Gasteiger partial charge is 0.385 e. The predicted octanol–water partition coefficient (Wildman–Crippen LogP) is 0.116. The van der Waals surface area contributed by atoms with E-state index in [9.17, 15) is 0 Å². The van der Waals surface area contributed by atoms with Gasteiger partial charge < -0.3 is 10.1 Å². The van der Waals surface area contributed by atoms with Gasteiger partial charge in [-0.3, -0.25) is 0 Å². The van der Waals surface area contributed by atoms with Gasteiger partial charge in [0.05, 0.1) is 13.6 Å². The molecule has 0 spiro atoms. The average molecular weight is 225 g/mol. The van der Waals surface area contributed by atoms with Crippen molar-refractivity contribution >= 4 is 0 Å². The van der Waals surface area contributed by atoms with Crippen LogP contribution < -0.4 is 5.32 Å². The molecule has 1 fully saturated rings. The fraction of sp³-hybridized carbons (Fsp3) is 0.900. The lowest BCUT2D eigenvalue weighted by atomic mass is 10.0. The molecule has 1 aromatic rings. The van der Waals surface area contributed by atoms with Crippen molar-refractivity contribution in [2.45, 2.75) is 25.8 Å². The highest BCUT2D eigenvalue weighted by Gasteiger charge is 2.41. The molecule has 1 aliphatic rings. The Balaban J connectivity index is 1.68. The lowest BCUT2D eigenvalue weighted by molar-refractivity contribution is 0.171. The predicted molar refractivity (Wildman–Crippen MR) is 58.7 cm³/mol. The summed E-state index contributed by atoms with van der Waals surface area (Å²) in [5.74, 6) is 0.755. The Bertz CT molecular complexity index is 334. The first kappa shape index (κ1) is 11.5. The van der Waals surface area contributed by atoms with Crippen molar-refractivity contribution in [1.82, 2.24) is 25.5 Å². The van der Waals surface area contributed by atoms with Gasteiger partial charge in [-0.05, 0) is 29.9 Å². The van der Waals surface area contributed by atoms with Crippen molar-refractivity contribution < 1.29 is 4.74 Å². The standard InChI is InChI=1S/C10H19N5O/c1-15-13-9(12-14-15)7-11-8-10(3-4-10)5-6-16-2/h11H,3-8H2,1-2H3. The van der Waals surface area contributed by atoms with Crippen LogP contribution in [0.25, 0.3) is 0 Å². The number of tetrazole rings is 1. The van der Waals surface area contributed by atoms with Crippen molar-refractivity contribution in [3.8, 4) is 0 Å². The quantitative estimate of drug-likeness (QED) is 0.714. The number of ether oxygens (including phenoxy) is 1. The summed E-state index contributed by atoms with van der Waals surface area (Å²) in [6, 6.07) is 0. The van der Waals surface area contributed by atoms with Crippen LogP contribution in [-0.4, -0.2) is 40.5 Å². The van der Waals surface area contributed by atoms with E-state index >= 15 is 0 Å². The summed E-state index contributed by atoms with van der Waals surface area (Å²) in [7, 11) is 3.53. The van der Waals surface area contributed by atoms with E-state index in [1.54, 1.807) is 14.2 Å². The van der Waals surface area contributed by atoms with Gasteiger partial charge in [0.15, 0.2) is 5.82 Å². The van der Waals surface area contributed by atoms with Gasteiger partial charge >= 0.3 is 0 Å². The molecule has 1 heterocycles. The van der Waals surface area contributed by atoms with Gasteiger partial charge in [0.2, 0.25) is 0 Å². The Labute approximate surface area is 95.4 Å². The molecule has 1 saturated carbocycles. The van der Waals surface area contributed by atoms with E-state index in [-0.39, 0.29) is 0 Å². The molecule has 0 unspecified atom stereocenters. The molecule has 16 heavy (non-hydrogen) atoms. The molecule has 0 amide bonds. The van der Waals surface area contributed by atoms with E-state index in [2.05, 4.69) is 20.7 Å². The second-order valence-electron chi connectivity index (χ2n) is 4.54. The Morgan fingerprint density at radius 1 is 1.50 bits per heavy atom. The lowest BCUT2D eigenvalue weighted by Gasteiger charge is -2.14.